The lowest BCUT2D eigenvalue weighted by molar-refractivity contribution is 1.38. The van der Waals surface area contributed by atoms with Gasteiger partial charge in [0.2, 0.25) is 0 Å². The van der Waals surface area contributed by atoms with Gasteiger partial charge in [-0.1, -0.05) is 200 Å². The molecule has 0 saturated heterocycles. The maximum atomic E-state index is 5.40. The second-order valence-corrected chi connectivity index (χ2v) is 14.7. The minimum absolute atomic E-state index is 0.949. The van der Waals surface area contributed by atoms with Crippen LogP contribution in [0.4, 0.5) is 0 Å². The van der Waals surface area contributed by atoms with Gasteiger partial charge in [-0.2, -0.15) is 0 Å². The molecule has 1 heterocycles. The molecule has 11 rings (SSSR count). The van der Waals surface area contributed by atoms with Gasteiger partial charge in [-0.15, -0.1) is 5.73 Å². The molecule has 9 aromatic carbocycles. The molecule has 0 N–H and O–H groups in total. The third-order valence-electron chi connectivity index (χ3n) is 11.5. The summed E-state index contributed by atoms with van der Waals surface area (Å²) in [6.07, 6.45) is 6.46. The van der Waals surface area contributed by atoms with Gasteiger partial charge < -0.3 is 0 Å². The molecule has 0 amide bonds. The first kappa shape index (κ1) is 32.8. The van der Waals surface area contributed by atoms with E-state index < -0.39 is 0 Å². The molecule has 0 radical (unpaired) electrons. The summed E-state index contributed by atoms with van der Waals surface area (Å²) in [4.78, 5) is 5.40. The van der Waals surface area contributed by atoms with Gasteiger partial charge in [0, 0.05) is 10.9 Å². The van der Waals surface area contributed by atoms with E-state index >= 15 is 0 Å². The summed E-state index contributed by atoms with van der Waals surface area (Å²) in [5, 5.41) is 10.6. The van der Waals surface area contributed by atoms with Crippen LogP contribution in [0.5, 0.6) is 0 Å². The summed E-state index contributed by atoms with van der Waals surface area (Å²) in [5.41, 5.74) is 16.3. The third-order valence-corrected chi connectivity index (χ3v) is 11.5. The van der Waals surface area contributed by atoms with E-state index in [1.54, 1.807) is 0 Å². The Kier molecular flexibility index (Phi) is 7.84. The number of hydrogen-bond acceptors (Lipinski definition) is 1. The zero-order valence-electron chi connectivity index (χ0n) is 31.2. The SMILES string of the molecule is C1=CC(c2ccccc2)=CC=c2ccc3ccc(-c4ccc(-c5c6ccccc6c(-c6ccc(-c7ccccc7)cc6)c6ccccc56)c5ccccc45)nc3c2=1. The number of aromatic nitrogens is 1. The van der Waals surface area contributed by atoms with Crippen molar-refractivity contribution in [1.29, 1.82) is 0 Å². The molecule has 0 unspecified atom stereocenters. The molecule has 264 valence electrons. The van der Waals surface area contributed by atoms with Crippen molar-refractivity contribution in [2.75, 3.05) is 0 Å². The van der Waals surface area contributed by atoms with Crippen molar-refractivity contribution in [2.45, 2.75) is 0 Å². The van der Waals surface area contributed by atoms with Crippen LogP contribution in [-0.4, -0.2) is 4.98 Å². The van der Waals surface area contributed by atoms with Crippen LogP contribution < -0.4 is 10.4 Å². The van der Waals surface area contributed by atoms with Crippen LogP contribution in [-0.2, 0) is 0 Å². The minimum atomic E-state index is 0.949. The van der Waals surface area contributed by atoms with Gasteiger partial charge in [0.05, 0.1) is 16.4 Å². The van der Waals surface area contributed by atoms with E-state index in [0.29, 0.717) is 0 Å². The molecule has 1 aliphatic rings. The van der Waals surface area contributed by atoms with E-state index in [0.717, 1.165) is 38.2 Å². The van der Waals surface area contributed by atoms with Crippen molar-refractivity contribution in [3.8, 4) is 44.6 Å². The van der Waals surface area contributed by atoms with Gasteiger partial charge in [-0.05, 0) is 94.2 Å². The van der Waals surface area contributed by atoms with Crippen LogP contribution in [0.15, 0.2) is 206 Å². The number of rotatable bonds is 5. The van der Waals surface area contributed by atoms with E-state index in [1.165, 1.54) is 71.3 Å². The molecule has 0 aliphatic heterocycles. The van der Waals surface area contributed by atoms with Crippen molar-refractivity contribution in [2.24, 2.45) is 0 Å². The van der Waals surface area contributed by atoms with E-state index in [2.05, 4.69) is 218 Å². The highest BCUT2D eigenvalue weighted by Crippen LogP contribution is 2.46. The van der Waals surface area contributed by atoms with Crippen LogP contribution >= 0.6 is 0 Å². The summed E-state index contributed by atoms with van der Waals surface area (Å²) in [6.45, 7) is 0. The molecule has 1 aromatic heterocycles. The zero-order chi connectivity index (χ0) is 37.7. The first-order valence-corrected chi connectivity index (χ1v) is 19.5. The van der Waals surface area contributed by atoms with Gasteiger partial charge in [0.15, 0.2) is 0 Å². The minimum Gasteiger partial charge on any atom is -0.246 e. The first-order valence-electron chi connectivity index (χ1n) is 19.5. The fourth-order valence-corrected chi connectivity index (χ4v) is 8.76. The van der Waals surface area contributed by atoms with Gasteiger partial charge in [0.25, 0.3) is 0 Å². The molecule has 0 bridgehead atoms. The molecular weight excluding hydrogens is 687 g/mol. The largest absolute Gasteiger partial charge is 0.246 e. The number of benzene rings is 9. The van der Waals surface area contributed by atoms with Crippen molar-refractivity contribution in [1.82, 2.24) is 4.98 Å². The Bertz CT molecular complexity index is 3350. The number of allylic oxidation sites excluding steroid dienone is 3. The van der Waals surface area contributed by atoms with Gasteiger partial charge in [-0.25, -0.2) is 4.98 Å². The normalized spacial score (nSPS) is 12.2. The van der Waals surface area contributed by atoms with Crippen molar-refractivity contribution in [3.05, 3.63) is 222 Å². The highest BCUT2D eigenvalue weighted by Gasteiger charge is 2.19. The number of hydrogen-bond donors (Lipinski definition) is 0. The molecule has 0 spiro atoms. The summed E-state index contributed by atoms with van der Waals surface area (Å²) in [5.74, 6) is 0. The van der Waals surface area contributed by atoms with Gasteiger partial charge in [0.1, 0.15) is 0 Å². The Hall–Kier alpha value is -7.57. The molecule has 57 heavy (non-hydrogen) atoms. The Labute approximate surface area is 331 Å². The number of pyridine rings is 1. The maximum Gasteiger partial charge on any atom is 0.0865 e. The van der Waals surface area contributed by atoms with Crippen molar-refractivity contribution < 1.29 is 0 Å². The Morgan fingerprint density at radius 2 is 0.860 bits per heavy atom. The predicted molar refractivity (Wildman–Crippen MR) is 242 cm³/mol. The highest BCUT2D eigenvalue weighted by molar-refractivity contribution is 6.24. The lowest BCUT2D eigenvalue weighted by Gasteiger charge is -2.19. The lowest BCUT2D eigenvalue weighted by atomic mass is 9.84. The Morgan fingerprint density at radius 3 is 1.53 bits per heavy atom. The molecule has 0 saturated carbocycles. The first-order chi connectivity index (χ1) is 28.3. The average Bonchev–Trinajstić information content (AvgIpc) is 3.52. The molecule has 1 aliphatic carbocycles. The number of nitrogens with zero attached hydrogens (tertiary/aromatic N) is 1. The highest BCUT2D eigenvalue weighted by atomic mass is 14.7. The summed E-state index contributed by atoms with van der Waals surface area (Å²) in [7, 11) is 0. The topological polar surface area (TPSA) is 12.9 Å². The number of fused-ring (bicyclic) bond motifs is 6. The second kappa shape index (κ2) is 13.6. The van der Waals surface area contributed by atoms with E-state index in [1.807, 2.05) is 0 Å². The van der Waals surface area contributed by atoms with Crippen molar-refractivity contribution in [3.63, 3.8) is 0 Å². The second-order valence-electron chi connectivity index (χ2n) is 14.7. The van der Waals surface area contributed by atoms with Gasteiger partial charge >= 0.3 is 0 Å². The standard InChI is InChI=1S/C56H35N/c1-3-13-37(14-4-1)39-24-28-42(29-25-39)54-48-19-9-11-21-50(48)55(51-22-12-10-20-49(51)54)52-35-34-47(45-17-7-8-18-46(45)52)53-36-32-43-30-27-41-26-23-40(38-15-5-2-6-16-38)31-33-44(41)56(43)57-53/h1-32,34-36H. The van der Waals surface area contributed by atoms with Crippen LogP contribution in [0.1, 0.15) is 5.56 Å². The predicted octanol–water partition coefficient (Wildman–Crippen LogP) is 13.2. The summed E-state index contributed by atoms with van der Waals surface area (Å²) >= 11 is 0. The molecular formula is C56H35N. The lowest BCUT2D eigenvalue weighted by Crippen LogP contribution is -2.24. The van der Waals surface area contributed by atoms with Crippen LogP contribution in [0.25, 0.3) is 105 Å². The Morgan fingerprint density at radius 1 is 0.351 bits per heavy atom. The third kappa shape index (κ3) is 5.61. The van der Waals surface area contributed by atoms with E-state index in [9.17, 15) is 0 Å². The molecule has 10 aromatic rings. The van der Waals surface area contributed by atoms with Crippen LogP contribution in [0.2, 0.25) is 0 Å². The summed E-state index contributed by atoms with van der Waals surface area (Å²) in [6, 6.07) is 70.0. The molecule has 0 fully saturated rings. The molecule has 1 nitrogen and oxygen atoms in total. The fraction of sp³-hybridized carbons (Fsp3) is 0. The van der Waals surface area contributed by atoms with Gasteiger partial charge in [-0.3, -0.25) is 0 Å². The monoisotopic (exact) mass is 721 g/mol. The Balaban J connectivity index is 1.09. The van der Waals surface area contributed by atoms with Crippen LogP contribution in [0, 0.1) is 0 Å². The fourth-order valence-electron chi connectivity index (χ4n) is 8.76. The smallest absolute Gasteiger partial charge is 0.0865 e. The maximum absolute atomic E-state index is 5.40. The summed E-state index contributed by atoms with van der Waals surface area (Å²) < 4.78 is 0. The van der Waals surface area contributed by atoms with Crippen LogP contribution in [0.3, 0.4) is 0 Å². The van der Waals surface area contributed by atoms with E-state index in [-0.39, 0.29) is 0 Å². The average molecular weight is 722 g/mol. The van der Waals surface area contributed by atoms with E-state index in [4.69, 9.17) is 4.98 Å². The quantitative estimate of drug-likeness (QED) is 0.161. The van der Waals surface area contributed by atoms with Crippen molar-refractivity contribution >= 4 is 60.6 Å². The molecule has 1 heteroatoms. The zero-order valence-corrected chi connectivity index (χ0v) is 31.2. The molecule has 0 atom stereocenters.